The van der Waals surface area contributed by atoms with Gasteiger partial charge >= 0.3 is 0 Å². The molecule has 5 rings (SSSR count). The van der Waals surface area contributed by atoms with Gasteiger partial charge in [-0.25, -0.2) is 0 Å². The fourth-order valence-electron chi connectivity index (χ4n) is 5.15. The van der Waals surface area contributed by atoms with Gasteiger partial charge in [0.2, 0.25) is 0 Å². The standard InChI is InChI=1S/C29H34N4O/c34-29(33-18-13-24-7-1-2-8-26(24)22-33)25-9-11-28(12-10-25)32-19-14-27(15-20-32)31-17-4-6-23-5-3-16-30-21-23/h1-3,5,7-12,16,21,27,31H,4,6,13-15,17-20,22H2. The lowest BCUT2D eigenvalue weighted by Crippen LogP contribution is -2.43. The molecule has 1 aromatic heterocycles. The summed E-state index contributed by atoms with van der Waals surface area (Å²) in [5.74, 6) is 0.134. The van der Waals surface area contributed by atoms with Crippen LogP contribution in [0.1, 0.15) is 46.3 Å². The molecule has 0 spiro atoms. The predicted octanol–water partition coefficient (Wildman–Crippen LogP) is 4.47. The van der Waals surface area contributed by atoms with Gasteiger partial charge in [0.1, 0.15) is 0 Å². The molecule has 2 aromatic carbocycles. The third-order valence-corrected chi connectivity index (χ3v) is 7.19. The molecule has 0 bridgehead atoms. The zero-order valence-corrected chi connectivity index (χ0v) is 19.8. The minimum absolute atomic E-state index is 0.134. The SMILES string of the molecule is O=C(c1ccc(N2CCC(NCCCc3cccnc3)CC2)cc1)N1CCc2ccccc2C1. The predicted molar refractivity (Wildman–Crippen MR) is 137 cm³/mol. The van der Waals surface area contributed by atoms with Gasteiger partial charge in [-0.15, -0.1) is 0 Å². The van der Waals surface area contributed by atoms with Crippen LogP contribution in [0.4, 0.5) is 5.69 Å². The van der Waals surface area contributed by atoms with Gasteiger partial charge in [-0.05, 0) is 85.7 Å². The number of hydrogen-bond donors (Lipinski definition) is 1. The van der Waals surface area contributed by atoms with Gasteiger partial charge in [-0.2, -0.15) is 0 Å². The van der Waals surface area contributed by atoms with Crippen molar-refractivity contribution in [3.63, 3.8) is 0 Å². The molecule has 3 heterocycles. The summed E-state index contributed by atoms with van der Waals surface area (Å²) in [6.45, 7) is 4.66. The molecule has 0 atom stereocenters. The number of aryl methyl sites for hydroxylation is 1. The van der Waals surface area contributed by atoms with Crippen LogP contribution in [-0.4, -0.2) is 48.0 Å². The first-order chi connectivity index (χ1) is 16.8. The first kappa shape index (κ1) is 22.6. The van der Waals surface area contributed by atoms with E-state index in [9.17, 15) is 4.79 Å². The number of anilines is 1. The van der Waals surface area contributed by atoms with Crippen molar-refractivity contribution in [3.05, 3.63) is 95.3 Å². The van der Waals surface area contributed by atoms with Crippen LogP contribution in [0.5, 0.6) is 0 Å². The number of aromatic nitrogens is 1. The fraction of sp³-hybridized carbons (Fsp3) is 0.379. The number of benzene rings is 2. The number of piperidine rings is 1. The zero-order chi connectivity index (χ0) is 23.2. The molecule has 1 saturated heterocycles. The highest BCUT2D eigenvalue weighted by atomic mass is 16.2. The number of pyridine rings is 1. The number of rotatable bonds is 7. The molecule has 5 nitrogen and oxygen atoms in total. The molecule has 1 fully saturated rings. The molecule has 2 aliphatic rings. The normalized spacial score (nSPS) is 16.4. The third-order valence-electron chi connectivity index (χ3n) is 7.19. The van der Waals surface area contributed by atoms with Crippen LogP contribution in [-0.2, 0) is 19.4 Å². The first-order valence-corrected chi connectivity index (χ1v) is 12.6. The van der Waals surface area contributed by atoms with Crippen LogP contribution in [0.25, 0.3) is 0 Å². The Morgan fingerprint density at radius 3 is 2.50 bits per heavy atom. The van der Waals surface area contributed by atoms with E-state index in [2.05, 4.69) is 57.7 Å². The first-order valence-electron chi connectivity index (χ1n) is 12.6. The van der Waals surface area contributed by atoms with E-state index in [4.69, 9.17) is 0 Å². The highest BCUT2D eigenvalue weighted by Crippen LogP contribution is 2.23. The van der Waals surface area contributed by atoms with E-state index < -0.39 is 0 Å². The summed E-state index contributed by atoms with van der Waals surface area (Å²) in [4.78, 5) is 21.7. The molecular formula is C29H34N4O. The second-order valence-corrected chi connectivity index (χ2v) is 9.47. The number of amides is 1. The number of fused-ring (bicyclic) bond motifs is 1. The number of nitrogens with one attached hydrogen (secondary N) is 1. The summed E-state index contributed by atoms with van der Waals surface area (Å²) >= 11 is 0. The van der Waals surface area contributed by atoms with Gasteiger partial charge in [0.25, 0.3) is 5.91 Å². The Balaban J connectivity index is 1.07. The van der Waals surface area contributed by atoms with Gasteiger partial charge in [0.05, 0.1) is 0 Å². The summed E-state index contributed by atoms with van der Waals surface area (Å²) in [5, 5.41) is 3.73. The maximum absolute atomic E-state index is 13.1. The van der Waals surface area contributed by atoms with Crippen LogP contribution < -0.4 is 10.2 Å². The van der Waals surface area contributed by atoms with Crippen molar-refractivity contribution >= 4 is 11.6 Å². The number of nitrogens with zero attached hydrogens (tertiary/aromatic N) is 3. The van der Waals surface area contributed by atoms with Crippen LogP contribution >= 0.6 is 0 Å². The van der Waals surface area contributed by atoms with E-state index in [0.29, 0.717) is 12.6 Å². The van der Waals surface area contributed by atoms with Gasteiger partial charge in [-0.3, -0.25) is 9.78 Å². The molecule has 0 saturated carbocycles. The van der Waals surface area contributed by atoms with Crippen molar-refractivity contribution in [2.24, 2.45) is 0 Å². The third kappa shape index (κ3) is 5.48. The largest absolute Gasteiger partial charge is 0.371 e. The Labute approximate surface area is 202 Å². The van der Waals surface area contributed by atoms with Crippen LogP contribution in [0.15, 0.2) is 73.1 Å². The molecule has 2 aliphatic heterocycles. The molecule has 0 aliphatic carbocycles. The fourth-order valence-corrected chi connectivity index (χ4v) is 5.15. The second kappa shape index (κ2) is 10.8. The topological polar surface area (TPSA) is 48.5 Å². The van der Waals surface area contributed by atoms with Crippen molar-refractivity contribution in [2.45, 2.75) is 44.7 Å². The Hall–Kier alpha value is -3.18. The monoisotopic (exact) mass is 454 g/mol. The van der Waals surface area contributed by atoms with Crippen molar-refractivity contribution in [2.75, 3.05) is 31.1 Å². The van der Waals surface area contributed by atoms with Crippen molar-refractivity contribution < 1.29 is 4.79 Å². The Bertz CT molecular complexity index is 1070. The number of carbonyl (C=O) groups is 1. The summed E-state index contributed by atoms with van der Waals surface area (Å²) < 4.78 is 0. The minimum Gasteiger partial charge on any atom is -0.371 e. The molecule has 1 N–H and O–H groups in total. The highest BCUT2D eigenvalue weighted by molar-refractivity contribution is 5.94. The van der Waals surface area contributed by atoms with E-state index >= 15 is 0 Å². The van der Waals surface area contributed by atoms with Crippen molar-refractivity contribution in [1.82, 2.24) is 15.2 Å². The lowest BCUT2D eigenvalue weighted by atomic mass is 9.99. The molecule has 176 valence electrons. The van der Waals surface area contributed by atoms with E-state index in [1.165, 1.54) is 22.4 Å². The van der Waals surface area contributed by atoms with Crippen LogP contribution in [0.2, 0.25) is 0 Å². The molecular weight excluding hydrogens is 420 g/mol. The molecule has 5 heteroatoms. The van der Waals surface area contributed by atoms with E-state index in [1.807, 2.05) is 35.5 Å². The summed E-state index contributed by atoms with van der Waals surface area (Å²) in [6.07, 6.45) is 9.25. The smallest absolute Gasteiger partial charge is 0.254 e. The van der Waals surface area contributed by atoms with Crippen molar-refractivity contribution in [1.29, 1.82) is 0 Å². The second-order valence-electron chi connectivity index (χ2n) is 9.47. The van der Waals surface area contributed by atoms with E-state index in [-0.39, 0.29) is 5.91 Å². The van der Waals surface area contributed by atoms with E-state index in [1.54, 1.807) is 0 Å². The quantitative estimate of drug-likeness (QED) is 0.535. The van der Waals surface area contributed by atoms with Gasteiger partial charge in [0.15, 0.2) is 0 Å². The lowest BCUT2D eigenvalue weighted by molar-refractivity contribution is 0.0734. The Morgan fingerprint density at radius 1 is 0.941 bits per heavy atom. The number of hydrogen-bond acceptors (Lipinski definition) is 4. The van der Waals surface area contributed by atoms with Crippen LogP contribution in [0, 0.1) is 0 Å². The molecule has 34 heavy (non-hydrogen) atoms. The average Bonchev–Trinajstić information content (AvgIpc) is 2.91. The van der Waals surface area contributed by atoms with Gasteiger partial charge < -0.3 is 15.1 Å². The zero-order valence-electron chi connectivity index (χ0n) is 19.8. The Morgan fingerprint density at radius 2 is 1.74 bits per heavy atom. The highest BCUT2D eigenvalue weighted by Gasteiger charge is 2.22. The van der Waals surface area contributed by atoms with Crippen molar-refractivity contribution in [3.8, 4) is 0 Å². The average molecular weight is 455 g/mol. The van der Waals surface area contributed by atoms with Gasteiger partial charge in [-0.1, -0.05) is 30.3 Å². The maximum atomic E-state index is 13.1. The lowest BCUT2D eigenvalue weighted by Gasteiger charge is -2.34. The summed E-state index contributed by atoms with van der Waals surface area (Å²) in [6, 6.07) is 21.4. The van der Waals surface area contributed by atoms with Crippen LogP contribution in [0.3, 0.4) is 0 Å². The Kier molecular flexibility index (Phi) is 7.20. The maximum Gasteiger partial charge on any atom is 0.254 e. The molecule has 1 amide bonds. The molecule has 3 aromatic rings. The number of carbonyl (C=O) groups excluding carboxylic acids is 1. The summed E-state index contributed by atoms with van der Waals surface area (Å²) in [7, 11) is 0. The molecule has 0 radical (unpaired) electrons. The van der Waals surface area contributed by atoms with Gasteiger partial charge in [0, 0.05) is 55.9 Å². The molecule has 0 unspecified atom stereocenters. The minimum atomic E-state index is 0.134. The summed E-state index contributed by atoms with van der Waals surface area (Å²) in [5.41, 5.74) is 5.95. The van der Waals surface area contributed by atoms with E-state index in [0.717, 1.165) is 63.8 Å².